The van der Waals surface area contributed by atoms with Crippen molar-refractivity contribution in [3.63, 3.8) is 0 Å². The molecular formula is C13H15ClN4O. The van der Waals surface area contributed by atoms with Crippen LogP contribution in [0.25, 0.3) is 11.3 Å². The normalized spacial score (nSPS) is 10.2. The number of carbonyl (C=O) groups is 1. The summed E-state index contributed by atoms with van der Waals surface area (Å²) in [5.41, 5.74) is 1.99. The molecule has 0 radical (unpaired) electrons. The van der Waals surface area contributed by atoms with Crippen molar-refractivity contribution < 1.29 is 4.79 Å². The van der Waals surface area contributed by atoms with E-state index in [2.05, 4.69) is 15.7 Å². The SMILES string of the molecule is Cn1nc(NC(=O)NCCCl)cc1-c1ccccc1. The van der Waals surface area contributed by atoms with Crippen LogP contribution in [0, 0.1) is 0 Å². The first kappa shape index (κ1) is 13.4. The molecule has 2 amide bonds. The van der Waals surface area contributed by atoms with Crippen LogP contribution in [-0.4, -0.2) is 28.2 Å². The molecule has 0 saturated carbocycles. The molecule has 5 nitrogen and oxygen atoms in total. The molecule has 0 aliphatic rings. The topological polar surface area (TPSA) is 59.0 Å². The van der Waals surface area contributed by atoms with Gasteiger partial charge in [-0.2, -0.15) is 5.10 Å². The summed E-state index contributed by atoms with van der Waals surface area (Å²) in [6, 6.07) is 11.4. The third-order valence-corrected chi connectivity index (χ3v) is 2.76. The highest BCUT2D eigenvalue weighted by atomic mass is 35.5. The minimum atomic E-state index is -0.307. The molecule has 2 rings (SSSR count). The van der Waals surface area contributed by atoms with Crippen LogP contribution in [0.4, 0.5) is 10.6 Å². The van der Waals surface area contributed by atoms with Crippen molar-refractivity contribution >= 4 is 23.4 Å². The lowest BCUT2D eigenvalue weighted by atomic mass is 10.1. The number of carbonyl (C=O) groups excluding carboxylic acids is 1. The maximum absolute atomic E-state index is 11.5. The highest BCUT2D eigenvalue weighted by Crippen LogP contribution is 2.21. The average Bonchev–Trinajstić information content (AvgIpc) is 2.78. The summed E-state index contributed by atoms with van der Waals surface area (Å²) in [5, 5.41) is 9.53. The molecule has 1 heterocycles. The molecule has 1 aromatic heterocycles. The Morgan fingerprint density at radius 1 is 1.37 bits per heavy atom. The van der Waals surface area contributed by atoms with E-state index in [4.69, 9.17) is 11.6 Å². The van der Waals surface area contributed by atoms with Crippen LogP contribution in [0.15, 0.2) is 36.4 Å². The van der Waals surface area contributed by atoms with Crippen molar-refractivity contribution in [3.8, 4) is 11.3 Å². The standard InChI is InChI=1S/C13H15ClN4O/c1-18-11(10-5-3-2-4-6-10)9-12(17-18)16-13(19)15-8-7-14/h2-6,9H,7-8H2,1H3,(H2,15,16,17,19). The average molecular weight is 279 g/mol. The Hall–Kier alpha value is -2.01. The minimum absolute atomic E-state index is 0.307. The Balaban J connectivity index is 2.11. The number of alkyl halides is 1. The van der Waals surface area contributed by atoms with Gasteiger partial charge in [0.05, 0.1) is 5.69 Å². The lowest BCUT2D eigenvalue weighted by Crippen LogP contribution is -2.30. The molecule has 0 saturated heterocycles. The van der Waals surface area contributed by atoms with Crippen LogP contribution in [0.1, 0.15) is 0 Å². The first-order valence-corrected chi connectivity index (χ1v) is 6.44. The van der Waals surface area contributed by atoms with E-state index in [9.17, 15) is 4.79 Å². The van der Waals surface area contributed by atoms with Gasteiger partial charge in [0.2, 0.25) is 0 Å². The number of aromatic nitrogens is 2. The quantitative estimate of drug-likeness (QED) is 0.844. The van der Waals surface area contributed by atoms with E-state index in [0.29, 0.717) is 18.2 Å². The molecule has 0 atom stereocenters. The Morgan fingerprint density at radius 2 is 2.11 bits per heavy atom. The van der Waals surface area contributed by atoms with Crippen LogP contribution < -0.4 is 10.6 Å². The Morgan fingerprint density at radius 3 is 2.79 bits per heavy atom. The van der Waals surface area contributed by atoms with Crippen LogP contribution in [-0.2, 0) is 7.05 Å². The van der Waals surface area contributed by atoms with Crippen molar-refractivity contribution in [1.29, 1.82) is 0 Å². The molecule has 0 spiro atoms. The van der Waals surface area contributed by atoms with E-state index < -0.39 is 0 Å². The number of hydrogen-bond acceptors (Lipinski definition) is 2. The van der Waals surface area contributed by atoms with Gasteiger partial charge in [-0.05, 0) is 5.56 Å². The highest BCUT2D eigenvalue weighted by Gasteiger charge is 2.09. The van der Waals surface area contributed by atoms with Crippen LogP contribution in [0.3, 0.4) is 0 Å². The van der Waals surface area contributed by atoms with Gasteiger partial charge in [0.15, 0.2) is 5.82 Å². The number of halogens is 1. The number of aryl methyl sites for hydroxylation is 1. The molecule has 100 valence electrons. The van der Waals surface area contributed by atoms with Crippen molar-refractivity contribution in [2.24, 2.45) is 7.05 Å². The summed E-state index contributed by atoms with van der Waals surface area (Å²) < 4.78 is 1.73. The Bertz CT molecular complexity index is 553. The maximum atomic E-state index is 11.5. The minimum Gasteiger partial charge on any atom is -0.337 e. The third-order valence-electron chi connectivity index (χ3n) is 2.57. The van der Waals surface area contributed by atoms with E-state index in [1.807, 2.05) is 43.4 Å². The molecular weight excluding hydrogens is 264 g/mol. The van der Waals surface area contributed by atoms with Gasteiger partial charge in [-0.15, -0.1) is 11.6 Å². The van der Waals surface area contributed by atoms with Gasteiger partial charge >= 0.3 is 6.03 Å². The monoisotopic (exact) mass is 278 g/mol. The second-order valence-corrected chi connectivity index (χ2v) is 4.35. The summed E-state index contributed by atoms with van der Waals surface area (Å²) in [4.78, 5) is 11.5. The first-order chi connectivity index (χ1) is 9.20. The van der Waals surface area contributed by atoms with Gasteiger partial charge in [0.25, 0.3) is 0 Å². The molecule has 1 aromatic carbocycles. The Labute approximate surface area is 116 Å². The van der Waals surface area contributed by atoms with Crippen molar-refractivity contribution in [2.45, 2.75) is 0 Å². The predicted octanol–water partition coefficient (Wildman–Crippen LogP) is 2.45. The second-order valence-electron chi connectivity index (χ2n) is 3.97. The lowest BCUT2D eigenvalue weighted by Gasteiger charge is -2.02. The van der Waals surface area contributed by atoms with Gasteiger partial charge < -0.3 is 5.32 Å². The summed E-state index contributed by atoms with van der Waals surface area (Å²) in [6.07, 6.45) is 0. The van der Waals surface area contributed by atoms with Crippen molar-refractivity contribution in [1.82, 2.24) is 15.1 Å². The van der Waals surface area contributed by atoms with Crippen LogP contribution >= 0.6 is 11.6 Å². The van der Waals surface area contributed by atoms with Gasteiger partial charge in [-0.3, -0.25) is 10.00 Å². The van der Waals surface area contributed by atoms with E-state index >= 15 is 0 Å². The molecule has 0 unspecified atom stereocenters. The molecule has 0 fully saturated rings. The van der Waals surface area contributed by atoms with Gasteiger partial charge in [-0.1, -0.05) is 30.3 Å². The summed E-state index contributed by atoms with van der Waals surface area (Å²) >= 11 is 5.50. The van der Waals surface area contributed by atoms with Gasteiger partial charge in [-0.25, -0.2) is 4.79 Å². The number of nitrogens with one attached hydrogen (secondary N) is 2. The van der Waals surface area contributed by atoms with E-state index in [1.54, 1.807) is 4.68 Å². The maximum Gasteiger partial charge on any atom is 0.320 e. The fraction of sp³-hybridized carbons (Fsp3) is 0.231. The fourth-order valence-corrected chi connectivity index (χ4v) is 1.82. The fourth-order valence-electron chi connectivity index (χ4n) is 1.73. The van der Waals surface area contributed by atoms with E-state index in [0.717, 1.165) is 11.3 Å². The molecule has 19 heavy (non-hydrogen) atoms. The summed E-state index contributed by atoms with van der Waals surface area (Å²) in [7, 11) is 1.84. The molecule has 2 N–H and O–H groups in total. The highest BCUT2D eigenvalue weighted by molar-refractivity contribution is 6.18. The van der Waals surface area contributed by atoms with E-state index in [1.165, 1.54) is 0 Å². The largest absolute Gasteiger partial charge is 0.337 e. The van der Waals surface area contributed by atoms with Crippen molar-refractivity contribution in [3.05, 3.63) is 36.4 Å². The zero-order chi connectivity index (χ0) is 13.7. The smallest absolute Gasteiger partial charge is 0.320 e. The van der Waals surface area contributed by atoms with Gasteiger partial charge in [0, 0.05) is 25.5 Å². The summed E-state index contributed by atoms with van der Waals surface area (Å²) in [5.74, 6) is 0.888. The number of urea groups is 1. The van der Waals surface area contributed by atoms with Crippen LogP contribution in [0.2, 0.25) is 0 Å². The number of hydrogen-bond donors (Lipinski definition) is 2. The predicted molar refractivity (Wildman–Crippen MR) is 76.4 cm³/mol. The van der Waals surface area contributed by atoms with Crippen LogP contribution in [0.5, 0.6) is 0 Å². The number of benzene rings is 1. The third kappa shape index (κ3) is 3.48. The number of nitrogens with zero attached hydrogens (tertiary/aromatic N) is 2. The number of amides is 2. The molecule has 0 aliphatic carbocycles. The summed E-state index contributed by atoms with van der Waals surface area (Å²) in [6.45, 7) is 0.422. The molecule has 0 aliphatic heterocycles. The first-order valence-electron chi connectivity index (χ1n) is 5.91. The van der Waals surface area contributed by atoms with E-state index in [-0.39, 0.29) is 6.03 Å². The zero-order valence-electron chi connectivity index (χ0n) is 10.6. The molecule has 0 bridgehead atoms. The second kappa shape index (κ2) is 6.24. The number of rotatable bonds is 4. The van der Waals surface area contributed by atoms with Gasteiger partial charge in [0.1, 0.15) is 0 Å². The number of anilines is 1. The lowest BCUT2D eigenvalue weighted by molar-refractivity contribution is 0.252. The molecule has 6 heteroatoms. The zero-order valence-corrected chi connectivity index (χ0v) is 11.3. The molecule has 2 aromatic rings. The Kier molecular flexibility index (Phi) is 4.41. The van der Waals surface area contributed by atoms with Crippen molar-refractivity contribution in [2.75, 3.05) is 17.7 Å².